The minimum Gasteiger partial charge on any atom is -0.371 e. The molecule has 0 amide bonds. The van der Waals surface area contributed by atoms with Crippen molar-refractivity contribution in [2.45, 2.75) is 39.3 Å². The van der Waals surface area contributed by atoms with E-state index < -0.39 is 0 Å². The lowest BCUT2D eigenvalue weighted by molar-refractivity contribution is -0.0416. The van der Waals surface area contributed by atoms with Gasteiger partial charge in [0.25, 0.3) is 0 Å². The lowest BCUT2D eigenvalue weighted by Crippen LogP contribution is -2.39. The van der Waals surface area contributed by atoms with Crippen molar-refractivity contribution in [3.8, 4) is 0 Å². The number of hydrogen-bond acceptors (Lipinski definition) is 3. The van der Waals surface area contributed by atoms with E-state index in [0.29, 0.717) is 6.61 Å². The first kappa shape index (κ1) is 17.7. The summed E-state index contributed by atoms with van der Waals surface area (Å²) in [7, 11) is 0. The molecule has 0 spiro atoms. The third kappa shape index (κ3) is 4.91. The van der Waals surface area contributed by atoms with Gasteiger partial charge in [-0.05, 0) is 29.5 Å². The molecule has 23 heavy (non-hydrogen) atoms. The third-order valence-corrected chi connectivity index (χ3v) is 3.98. The first-order chi connectivity index (χ1) is 10.9. The summed E-state index contributed by atoms with van der Waals surface area (Å²) in [5.74, 6) is 0. The van der Waals surface area contributed by atoms with Gasteiger partial charge in [0.2, 0.25) is 0 Å². The Morgan fingerprint density at radius 3 is 2.52 bits per heavy atom. The third-order valence-electron chi connectivity index (χ3n) is 3.73. The Balaban J connectivity index is 2.31. The number of nitrogens with zero attached hydrogens (tertiary/aromatic N) is 3. The molecule has 0 bridgehead atoms. The molecule has 4 nitrogen and oxygen atoms in total. The van der Waals surface area contributed by atoms with Crippen molar-refractivity contribution in [2.75, 3.05) is 6.61 Å². The van der Waals surface area contributed by atoms with Gasteiger partial charge >= 0.3 is 0 Å². The van der Waals surface area contributed by atoms with Gasteiger partial charge < -0.3 is 4.74 Å². The molecule has 1 aromatic carbocycles. The molecule has 0 aliphatic carbocycles. The lowest BCUT2D eigenvalue weighted by atomic mass is 9.82. The van der Waals surface area contributed by atoms with E-state index >= 15 is 0 Å². The van der Waals surface area contributed by atoms with Crippen LogP contribution in [0.15, 0.2) is 49.6 Å². The molecule has 0 saturated heterocycles. The first-order valence-electron chi connectivity index (χ1n) is 7.73. The van der Waals surface area contributed by atoms with Crippen LogP contribution in [-0.4, -0.2) is 27.5 Å². The van der Waals surface area contributed by atoms with E-state index in [4.69, 9.17) is 16.3 Å². The van der Waals surface area contributed by atoms with Crippen LogP contribution in [0.2, 0.25) is 5.02 Å². The highest BCUT2D eigenvalue weighted by Gasteiger charge is 2.34. The van der Waals surface area contributed by atoms with Gasteiger partial charge in [-0.1, -0.05) is 50.6 Å². The summed E-state index contributed by atoms with van der Waals surface area (Å²) in [5, 5.41) is 5.08. The van der Waals surface area contributed by atoms with Crippen LogP contribution in [0.5, 0.6) is 0 Å². The van der Waals surface area contributed by atoms with Gasteiger partial charge in [-0.25, -0.2) is 9.67 Å². The monoisotopic (exact) mass is 333 g/mol. The van der Waals surface area contributed by atoms with Crippen molar-refractivity contribution in [3.63, 3.8) is 0 Å². The fourth-order valence-corrected chi connectivity index (χ4v) is 2.83. The van der Waals surface area contributed by atoms with Crippen LogP contribution in [0.1, 0.15) is 32.4 Å². The molecule has 0 aliphatic heterocycles. The van der Waals surface area contributed by atoms with Crippen LogP contribution in [0.4, 0.5) is 0 Å². The molecule has 2 rings (SSSR count). The first-order valence-corrected chi connectivity index (χ1v) is 8.10. The van der Waals surface area contributed by atoms with Gasteiger partial charge in [0.1, 0.15) is 12.7 Å². The number of halogens is 1. The standard InChI is InChI=1S/C18H24ClN3O/c1-5-10-23-17(18(2,3)4)16(22-13-20-12-21-22)11-14-6-8-15(19)9-7-14/h5-9,12-13,16-17H,1,10-11H2,2-4H3. The van der Waals surface area contributed by atoms with E-state index in [1.807, 2.05) is 28.9 Å². The second kappa shape index (κ2) is 7.75. The number of aromatic nitrogens is 3. The van der Waals surface area contributed by atoms with Crippen LogP contribution < -0.4 is 0 Å². The van der Waals surface area contributed by atoms with Gasteiger partial charge in [-0.2, -0.15) is 5.10 Å². The Labute approximate surface area is 143 Å². The largest absolute Gasteiger partial charge is 0.371 e. The van der Waals surface area contributed by atoms with Gasteiger partial charge in [-0.15, -0.1) is 6.58 Å². The molecule has 0 aliphatic rings. The molecule has 2 unspecified atom stereocenters. The Morgan fingerprint density at radius 2 is 2.00 bits per heavy atom. The number of benzene rings is 1. The summed E-state index contributed by atoms with van der Waals surface area (Å²) >= 11 is 5.99. The maximum Gasteiger partial charge on any atom is 0.137 e. The van der Waals surface area contributed by atoms with Gasteiger partial charge in [0, 0.05) is 5.02 Å². The molecule has 0 saturated carbocycles. The van der Waals surface area contributed by atoms with E-state index in [0.717, 1.165) is 11.4 Å². The van der Waals surface area contributed by atoms with E-state index in [1.165, 1.54) is 5.56 Å². The second-order valence-electron chi connectivity index (χ2n) is 6.68. The summed E-state index contributed by atoms with van der Waals surface area (Å²) in [6, 6.07) is 7.94. The van der Waals surface area contributed by atoms with Crippen molar-refractivity contribution in [1.29, 1.82) is 0 Å². The molecular formula is C18H24ClN3O. The minimum atomic E-state index is -0.0496. The van der Waals surface area contributed by atoms with Gasteiger partial charge in [-0.3, -0.25) is 0 Å². The van der Waals surface area contributed by atoms with Crippen LogP contribution in [0.3, 0.4) is 0 Å². The highest BCUT2D eigenvalue weighted by molar-refractivity contribution is 6.30. The molecule has 0 N–H and O–H groups in total. The second-order valence-corrected chi connectivity index (χ2v) is 7.12. The lowest BCUT2D eigenvalue weighted by Gasteiger charge is -2.36. The molecule has 0 radical (unpaired) electrons. The zero-order chi connectivity index (χ0) is 16.9. The van der Waals surface area contributed by atoms with Crippen molar-refractivity contribution in [1.82, 2.24) is 14.8 Å². The van der Waals surface area contributed by atoms with Crippen molar-refractivity contribution in [2.24, 2.45) is 5.41 Å². The van der Waals surface area contributed by atoms with Crippen molar-refractivity contribution < 1.29 is 4.74 Å². The van der Waals surface area contributed by atoms with E-state index in [2.05, 4.69) is 37.4 Å². The fraction of sp³-hybridized carbons (Fsp3) is 0.444. The fourth-order valence-electron chi connectivity index (χ4n) is 2.70. The summed E-state index contributed by atoms with van der Waals surface area (Å²) in [4.78, 5) is 4.10. The number of ether oxygens (including phenoxy) is 1. The topological polar surface area (TPSA) is 39.9 Å². The van der Waals surface area contributed by atoms with Crippen molar-refractivity contribution >= 4 is 11.6 Å². The Morgan fingerprint density at radius 1 is 1.30 bits per heavy atom. The van der Waals surface area contributed by atoms with Crippen LogP contribution in [0.25, 0.3) is 0 Å². The summed E-state index contributed by atoms with van der Waals surface area (Å²) in [6.07, 6.45) is 5.84. The molecule has 0 fully saturated rings. The molecule has 5 heteroatoms. The van der Waals surface area contributed by atoms with Crippen molar-refractivity contribution in [3.05, 3.63) is 60.2 Å². The molecular weight excluding hydrogens is 310 g/mol. The summed E-state index contributed by atoms with van der Waals surface area (Å²) < 4.78 is 7.99. The highest BCUT2D eigenvalue weighted by atomic mass is 35.5. The normalized spacial score (nSPS) is 14.4. The highest BCUT2D eigenvalue weighted by Crippen LogP contribution is 2.33. The SMILES string of the molecule is C=CCOC(C(Cc1ccc(Cl)cc1)n1cncn1)C(C)(C)C. The van der Waals surface area contributed by atoms with E-state index in [9.17, 15) is 0 Å². The predicted molar refractivity (Wildman–Crippen MR) is 93.6 cm³/mol. The molecule has 1 aromatic heterocycles. The Hall–Kier alpha value is -1.65. The molecule has 1 heterocycles. The van der Waals surface area contributed by atoms with Crippen LogP contribution in [-0.2, 0) is 11.2 Å². The van der Waals surface area contributed by atoms with E-state index in [1.54, 1.807) is 18.7 Å². The molecule has 2 aromatic rings. The zero-order valence-corrected chi connectivity index (χ0v) is 14.7. The zero-order valence-electron chi connectivity index (χ0n) is 13.9. The smallest absolute Gasteiger partial charge is 0.137 e. The maximum atomic E-state index is 6.10. The molecule has 2 atom stereocenters. The Kier molecular flexibility index (Phi) is 5.97. The quantitative estimate of drug-likeness (QED) is 0.708. The van der Waals surface area contributed by atoms with Gasteiger partial charge in [0.05, 0.1) is 18.8 Å². The van der Waals surface area contributed by atoms with Crippen LogP contribution >= 0.6 is 11.6 Å². The maximum absolute atomic E-state index is 6.10. The number of rotatable bonds is 7. The summed E-state index contributed by atoms with van der Waals surface area (Å²) in [5.41, 5.74) is 1.14. The predicted octanol–water partition coefficient (Wildman–Crippen LogP) is 4.33. The number of hydrogen-bond donors (Lipinski definition) is 0. The summed E-state index contributed by atoms with van der Waals surface area (Å²) in [6.45, 7) is 10.8. The van der Waals surface area contributed by atoms with Crippen LogP contribution in [0, 0.1) is 5.41 Å². The molecule has 124 valence electrons. The average Bonchev–Trinajstić information content (AvgIpc) is 3.01. The Bertz CT molecular complexity index is 602. The average molecular weight is 334 g/mol. The minimum absolute atomic E-state index is 0.0297. The van der Waals surface area contributed by atoms with Gasteiger partial charge in [0.15, 0.2) is 0 Å². The van der Waals surface area contributed by atoms with E-state index in [-0.39, 0.29) is 17.6 Å².